The summed E-state index contributed by atoms with van der Waals surface area (Å²) in [6.45, 7) is 33.1. The van der Waals surface area contributed by atoms with Crippen molar-refractivity contribution in [1.29, 1.82) is 0 Å². The summed E-state index contributed by atoms with van der Waals surface area (Å²) in [4.78, 5) is 0. The lowest BCUT2D eigenvalue weighted by molar-refractivity contribution is -0.280. The molecule has 0 unspecified atom stereocenters. The van der Waals surface area contributed by atoms with E-state index in [1.54, 1.807) is 0 Å². The average molecular weight is 523 g/mol. The smallest absolute Gasteiger partial charge is 0.192 e. The molecule has 0 saturated carbocycles. The lowest BCUT2D eigenvalue weighted by Crippen LogP contribution is -2.66. The molecule has 0 bridgehead atoms. The standard InChI is InChI=1S/C24H54O6Si3/c1-22(2,3)31(10,11)27-16-17-19(29-32(12,13)23(4,5)6)20(18(25)21(26)28-17)30-33(14,15)24(7,8)9/h17-21,25-26H,16H2,1-15H3/t17-,18-,19+,20-,21-/m1/s1. The lowest BCUT2D eigenvalue weighted by atomic mass is 9.99. The molecule has 0 aromatic rings. The minimum atomic E-state index is -2.27. The van der Waals surface area contributed by atoms with E-state index < -0.39 is 55.7 Å². The predicted octanol–water partition coefficient (Wildman–Crippen LogP) is 5.87. The summed E-state index contributed by atoms with van der Waals surface area (Å²) in [5.74, 6) is 0. The molecule has 1 saturated heterocycles. The summed E-state index contributed by atoms with van der Waals surface area (Å²) in [5.41, 5.74) is 0. The molecule has 33 heavy (non-hydrogen) atoms. The van der Waals surface area contributed by atoms with E-state index in [2.05, 4.69) is 102 Å². The van der Waals surface area contributed by atoms with Gasteiger partial charge in [-0.1, -0.05) is 62.3 Å². The van der Waals surface area contributed by atoms with Gasteiger partial charge in [-0.25, -0.2) is 0 Å². The third-order valence-corrected chi connectivity index (χ3v) is 22.0. The van der Waals surface area contributed by atoms with Gasteiger partial charge in [-0.05, 0) is 54.4 Å². The summed E-state index contributed by atoms with van der Waals surface area (Å²) in [6, 6.07) is 0. The first-order valence-electron chi connectivity index (χ1n) is 12.4. The molecule has 5 atom stereocenters. The normalized spacial score (nSPS) is 28.8. The summed E-state index contributed by atoms with van der Waals surface area (Å²) < 4.78 is 26.0. The number of aliphatic hydroxyl groups excluding tert-OH is 2. The van der Waals surface area contributed by atoms with Crippen LogP contribution in [-0.2, 0) is 18.0 Å². The van der Waals surface area contributed by atoms with E-state index in [0.717, 1.165) is 0 Å². The molecule has 0 spiro atoms. The highest BCUT2D eigenvalue weighted by Crippen LogP contribution is 2.43. The van der Waals surface area contributed by atoms with Crippen LogP contribution in [0.15, 0.2) is 0 Å². The molecule has 9 heteroatoms. The van der Waals surface area contributed by atoms with E-state index in [1.807, 2.05) is 0 Å². The Morgan fingerprint density at radius 2 is 1.00 bits per heavy atom. The van der Waals surface area contributed by atoms with Crippen molar-refractivity contribution >= 4 is 25.0 Å². The molecule has 0 aromatic heterocycles. The van der Waals surface area contributed by atoms with Crippen LogP contribution in [0.2, 0.25) is 54.4 Å². The first kappa shape index (κ1) is 31.4. The molecule has 0 aliphatic carbocycles. The van der Waals surface area contributed by atoms with Gasteiger partial charge >= 0.3 is 0 Å². The van der Waals surface area contributed by atoms with Crippen LogP contribution in [0.3, 0.4) is 0 Å². The second-order valence-corrected chi connectivity index (χ2v) is 28.6. The molecule has 1 heterocycles. The van der Waals surface area contributed by atoms with E-state index in [-0.39, 0.29) is 15.1 Å². The Labute approximate surface area is 207 Å². The van der Waals surface area contributed by atoms with Crippen LogP contribution in [0.5, 0.6) is 0 Å². The Bertz CT molecular complexity index is 646. The van der Waals surface area contributed by atoms with Gasteiger partial charge in [0.2, 0.25) is 0 Å². The highest BCUT2D eigenvalue weighted by molar-refractivity contribution is 6.75. The number of ether oxygens (including phenoxy) is 1. The topological polar surface area (TPSA) is 77.4 Å². The van der Waals surface area contributed by atoms with E-state index >= 15 is 0 Å². The number of hydrogen-bond acceptors (Lipinski definition) is 6. The molecular weight excluding hydrogens is 469 g/mol. The van der Waals surface area contributed by atoms with E-state index in [9.17, 15) is 10.2 Å². The molecule has 0 radical (unpaired) electrons. The van der Waals surface area contributed by atoms with Gasteiger partial charge in [-0.15, -0.1) is 0 Å². The fraction of sp³-hybridized carbons (Fsp3) is 1.00. The van der Waals surface area contributed by atoms with E-state index in [4.69, 9.17) is 18.0 Å². The number of hydrogen-bond donors (Lipinski definition) is 2. The van der Waals surface area contributed by atoms with Gasteiger partial charge in [0, 0.05) is 0 Å². The number of aliphatic hydroxyl groups is 2. The van der Waals surface area contributed by atoms with Gasteiger partial charge < -0.3 is 28.2 Å². The number of rotatable bonds is 7. The van der Waals surface area contributed by atoms with E-state index in [1.165, 1.54) is 0 Å². The Hall–Kier alpha value is 0.411. The molecular formula is C24H54O6Si3. The summed E-state index contributed by atoms with van der Waals surface area (Å²) >= 11 is 0. The van der Waals surface area contributed by atoms with Crippen molar-refractivity contribution in [1.82, 2.24) is 0 Å². The van der Waals surface area contributed by atoms with Crippen LogP contribution in [0.25, 0.3) is 0 Å². The molecule has 0 amide bonds. The minimum Gasteiger partial charge on any atom is -0.414 e. The molecule has 1 aliphatic rings. The van der Waals surface area contributed by atoms with Gasteiger partial charge in [0.15, 0.2) is 31.2 Å². The summed E-state index contributed by atoms with van der Waals surface area (Å²) in [5, 5.41) is 21.7. The Balaban J connectivity index is 3.40. The van der Waals surface area contributed by atoms with Crippen LogP contribution >= 0.6 is 0 Å². The third-order valence-electron chi connectivity index (χ3n) is 8.52. The predicted molar refractivity (Wildman–Crippen MR) is 144 cm³/mol. The molecule has 198 valence electrons. The maximum atomic E-state index is 11.0. The highest BCUT2D eigenvalue weighted by atomic mass is 28.4. The second-order valence-electron chi connectivity index (χ2n) is 14.3. The van der Waals surface area contributed by atoms with Gasteiger partial charge in [-0.3, -0.25) is 0 Å². The molecule has 1 aliphatic heterocycles. The fourth-order valence-electron chi connectivity index (χ4n) is 2.86. The molecule has 1 rings (SSSR count). The molecule has 6 nitrogen and oxygen atoms in total. The average Bonchev–Trinajstić information content (AvgIpc) is 2.56. The maximum absolute atomic E-state index is 11.0. The van der Waals surface area contributed by atoms with Crippen molar-refractivity contribution in [3.8, 4) is 0 Å². The summed E-state index contributed by atoms with van der Waals surface area (Å²) in [7, 11) is -6.56. The monoisotopic (exact) mass is 522 g/mol. The highest BCUT2D eigenvalue weighted by Gasteiger charge is 2.53. The molecule has 2 N–H and O–H groups in total. The fourth-order valence-corrected chi connectivity index (χ4v) is 6.50. The quantitative estimate of drug-likeness (QED) is 0.407. The van der Waals surface area contributed by atoms with Gasteiger partial charge in [0.05, 0.1) is 6.61 Å². The third kappa shape index (κ3) is 7.45. The first-order chi connectivity index (χ1) is 14.3. The zero-order chi connectivity index (χ0) is 26.4. The minimum absolute atomic E-state index is 0.0274. The van der Waals surface area contributed by atoms with Crippen molar-refractivity contribution < 1.29 is 28.2 Å². The van der Waals surface area contributed by atoms with Gasteiger partial charge in [0.25, 0.3) is 0 Å². The Morgan fingerprint density at radius 1 is 0.636 bits per heavy atom. The zero-order valence-electron chi connectivity index (χ0n) is 24.1. The maximum Gasteiger partial charge on any atom is 0.192 e. The molecule has 0 aromatic carbocycles. The first-order valence-corrected chi connectivity index (χ1v) is 21.1. The van der Waals surface area contributed by atoms with Gasteiger partial charge in [0.1, 0.15) is 24.4 Å². The van der Waals surface area contributed by atoms with Crippen LogP contribution in [0.4, 0.5) is 0 Å². The van der Waals surface area contributed by atoms with E-state index in [0.29, 0.717) is 6.61 Å². The zero-order valence-corrected chi connectivity index (χ0v) is 27.1. The van der Waals surface area contributed by atoms with Crippen LogP contribution in [-0.4, -0.2) is 72.5 Å². The van der Waals surface area contributed by atoms with Crippen molar-refractivity contribution in [3.63, 3.8) is 0 Å². The summed E-state index contributed by atoms with van der Waals surface area (Å²) in [6.07, 6.45) is -4.26. The van der Waals surface area contributed by atoms with Crippen molar-refractivity contribution in [2.24, 2.45) is 0 Å². The van der Waals surface area contributed by atoms with Gasteiger partial charge in [-0.2, -0.15) is 0 Å². The van der Waals surface area contributed by atoms with Crippen molar-refractivity contribution in [3.05, 3.63) is 0 Å². The van der Waals surface area contributed by atoms with Crippen LogP contribution in [0, 0.1) is 0 Å². The Kier molecular flexibility index (Phi) is 9.57. The lowest BCUT2D eigenvalue weighted by Gasteiger charge is -2.51. The Morgan fingerprint density at radius 3 is 1.36 bits per heavy atom. The SMILES string of the molecule is CC(C)(C)[Si](C)(C)OC[C@H]1O[C@@H](O)[C@H](O)[C@@H](O[Si](C)(C)C(C)(C)C)[C@H]1O[Si](C)(C)C(C)(C)C. The molecule has 1 fully saturated rings. The van der Waals surface area contributed by atoms with Crippen molar-refractivity contribution in [2.45, 2.75) is 147 Å². The largest absolute Gasteiger partial charge is 0.414 e. The van der Waals surface area contributed by atoms with Crippen molar-refractivity contribution in [2.75, 3.05) is 6.61 Å². The second kappa shape index (κ2) is 10.0. The van der Waals surface area contributed by atoms with Crippen LogP contribution in [0.1, 0.15) is 62.3 Å². The van der Waals surface area contributed by atoms with Crippen LogP contribution < -0.4 is 0 Å².